The van der Waals surface area contributed by atoms with Crippen LogP contribution < -0.4 is 5.14 Å². The van der Waals surface area contributed by atoms with Crippen molar-refractivity contribution < 1.29 is 22.3 Å². The fourth-order valence-electron chi connectivity index (χ4n) is 2.42. The van der Waals surface area contributed by atoms with Crippen LogP contribution in [0, 0.1) is 11.7 Å². The highest BCUT2D eigenvalue weighted by Crippen LogP contribution is 2.21. The summed E-state index contributed by atoms with van der Waals surface area (Å²) < 4.78 is 41.1. The van der Waals surface area contributed by atoms with Gasteiger partial charge in [0.15, 0.2) is 0 Å². The highest BCUT2D eigenvalue weighted by atomic mass is 32.2. The van der Waals surface area contributed by atoms with Crippen molar-refractivity contribution >= 4 is 15.9 Å². The van der Waals surface area contributed by atoms with Gasteiger partial charge in [-0.15, -0.1) is 0 Å². The molecule has 2 N–H and O–H groups in total. The third-order valence-corrected chi connectivity index (χ3v) is 4.31. The third kappa shape index (κ3) is 3.78. The molecule has 6 nitrogen and oxygen atoms in total. The van der Waals surface area contributed by atoms with Crippen molar-refractivity contribution in [2.45, 2.75) is 11.3 Å². The maximum absolute atomic E-state index is 13.5. The predicted molar refractivity (Wildman–Crippen MR) is 73.7 cm³/mol. The first-order valence-electron chi connectivity index (χ1n) is 6.43. The van der Waals surface area contributed by atoms with Gasteiger partial charge < -0.3 is 9.64 Å². The van der Waals surface area contributed by atoms with Crippen molar-refractivity contribution in [2.75, 3.05) is 26.8 Å². The monoisotopic (exact) mass is 316 g/mol. The van der Waals surface area contributed by atoms with Crippen molar-refractivity contribution in [1.82, 2.24) is 4.90 Å². The standard InChI is InChI=1S/C13H17FN2O4S/c1-20-8-9-2-3-16(7-9)13(17)10-4-11(14)6-12(5-10)21(15,18)19/h4-6,9H,2-3,7-8H2,1H3,(H2,15,18,19). The van der Waals surface area contributed by atoms with Crippen LogP contribution in [0.1, 0.15) is 16.8 Å². The number of carbonyl (C=O) groups is 1. The maximum Gasteiger partial charge on any atom is 0.254 e. The number of ether oxygens (including phenoxy) is 1. The highest BCUT2D eigenvalue weighted by Gasteiger charge is 2.27. The van der Waals surface area contributed by atoms with Crippen LogP contribution in [0.25, 0.3) is 0 Å². The number of halogens is 1. The molecule has 1 atom stereocenters. The smallest absolute Gasteiger partial charge is 0.254 e. The van der Waals surface area contributed by atoms with Gasteiger partial charge in [-0.05, 0) is 24.6 Å². The van der Waals surface area contributed by atoms with Crippen molar-refractivity contribution in [3.05, 3.63) is 29.6 Å². The highest BCUT2D eigenvalue weighted by molar-refractivity contribution is 7.89. The topological polar surface area (TPSA) is 89.7 Å². The summed E-state index contributed by atoms with van der Waals surface area (Å²) in [4.78, 5) is 13.5. The van der Waals surface area contributed by atoms with E-state index < -0.39 is 26.6 Å². The lowest BCUT2D eigenvalue weighted by Gasteiger charge is -2.17. The molecule has 0 aromatic heterocycles. The van der Waals surface area contributed by atoms with E-state index in [0.717, 1.165) is 24.6 Å². The summed E-state index contributed by atoms with van der Waals surface area (Å²) in [5.41, 5.74) is -0.0166. The van der Waals surface area contributed by atoms with Gasteiger partial charge in [0, 0.05) is 31.7 Å². The zero-order valence-electron chi connectivity index (χ0n) is 11.6. The Morgan fingerprint density at radius 1 is 1.48 bits per heavy atom. The fourth-order valence-corrected chi connectivity index (χ4v) is 2.99. The summed E-state index contributed by atoms with van der Waals surface area (Å²) >= 11 is 0. The largest absolute Gasteiger partial charge is 0.384 e. The molecule has 1 fully saturated rings. The summed E-state index contributed by atoms with van der Waals surface area (Å²) in [7, 11) is -2.46. The van der Waals surface area contributed by atoms with Gasteiger partial charge in [0.2, 0.25) is 10.0 Å². The van der Waals surface area contributed by atoms with Crippen LogP contribution in [0.5, 0.6) is 0 Å². The SMILES string of the molecule is COCC1CCN(C(=O)c2cc(F)cc(S(N)(=O)=O)c2)C1. The lowest BCUT2D eigenvalue weighted by Crippen LogP contribution is -2.29. The van der Waals surface area contributed by atoms with Gasteiger partial charge >= 0.3 is 0 Å². The fraction of sp³-hybridized carbons (Fsp3) is 0.462. The Hall–Kier alpha value is -1.51. The van der Waals surface area contributed by atoms with Crippen LogP contribution in [0.4, 0.5) is 4.39 Å². The maximum atomic E-state index is 13.5. The minimum absolute atomic E-state index is 0.0166. The first kappa shape index (κ1) is 15.9. The molecule has 1 saturated heterocycles. The lowest BCUT2D eigenvalue weighted by molar-refractivity contribution is 0.0774. The summed E-state index contributed by atoms with van der Waals surface area (Å²) in [6.45, 7) is 1.59. The van der Waals surface area contributed by atoms with Crippen LogP contribution in [-0.2, 0) is 14.8 Å². The second kappa shape index (κ2) is 6.08. The van der Waals surface area contributed by atoms with E-state index in [0.29, 0.717) is 19.7 Å². The molecule has 0 aliphatic carbocycles. The lowest BCUT2D eigenvalue weighted by atomic mass is 10.1. The predicted octanol–water partition coefficient (Wildman–Crippen LogP) is 0.582. The van der Waals surface area contributed by atoms with E-state index in [9.17, 15) is 17.6 Å². The molecule has 1 heterocycles. The van der Waals surface area contributed by atoms with Gasteiger partial charge in [-0.3, -0.25) is 4.79 Å². The Morgan fingerprint density at radius 2 is 2.19 bits per heavy atom. The number of sulfonamides is 1. The van der Waals surface area contributed by atoms with Crippen LogP contribution >= 0.6 is 0 Å². The number of hydrogen-bond acceptors (Lipinski definition) is 4. The third-order valence-electron chi connectivity index (χ3n) is 3.42. The van der Waals surface area contributed by atoms with E-state index in [1.165, 1.54) is 0 Å². The Morgan fingerprint density at radius 3 is 2.81 bits per heavy atom. The van der Waals surface area contributed by atoms with Gasteiger partial charge in [-0.1, -0.05) is 0 Å². The number of rotatable bonds is 4. The number of likely N-dealkylation sites (tertiary alicyclic amines) is 1. The molecule has 1 aliphatic heterocycles. The molecule has 2 rings (SSSR count). The van der Waals surface area contributed by atoms with Crippen molar-refractivity contribution in [1.29, 1.82) is 0 Å². The Labute approximate surface area is 122 Å². The first-order valence-corrected chi connectivity index (χ1v) is 7.97. The first-order chi connectivity index (χ1) is 9.81. The molecular weight excluding hydrogens is 299 g/mol. The van der Waals surface area contributed by atoms with Gasteiger partial charge in [-0.25, -0.2) is 17.9 Å². The zero-order chi connectivity index (χ0) is 15.6. The van der Waals surface area contributed by atoms with E-state index >= 15 is 0 Å². The molecule has 21 heavy (non-hydrogen) atoms. The van der Waals surface area contributed by atoms with Gasteiger partial charge in [-0.2, -0.15) is 0 Å². The normalized spacial score (nSPS) is 19.0. The van der Waals surface area contributed by atoms with E-state index in [1.807, 2.05) is 0 Å². The van der Waals surface area contributed by atoms with Crippen molar-refractivity contribution in [3.8, 4) is 0 Å². The summed E-state index contributed by atoms with van der Waals surface area (Å²) in [6, 6.07) is 2.91. The average molecular weight is 316 g/mol. The number of nitrogens with two attached hydrogens (primary N) is 1. The summed E-state index contributed by atoms with van der Waals surface area (Å²) in [5.74, 6) is -0.972. The quantitative estimate of drug-likeness (QED) is 0.880. The molecule has 1 aromatic carbocycles. The van der Waals surface area contributed by atoms with Crippen molar-refractivity contribution in [3.63, 3.8) is 0 Å². The molecule has 1 aliphatic rings. The zero-order valence-corrected chi connectivity index (χ0v) is 12.4. The Balaban J connectivity index is 2.22. The van der Waals surface area contributed by atoms with E-state index in [-0.39, 0.29) is 11.5 Å². The molecule has 8 heteroatoms. The molecule has 0 spiro atoms. The second-order valence-corrected chi connectivity index (χ2v) is 6.64. The molecule has 0 bridgehead atoms. The van der Waals surface area contributed by atoms with E-state index in [2.05, 4.69) is 0 Å². The number of carbonyl (C=O) groups excluding carboxylic acids is 1. The van der Waals surface area contributed by atoms with Crippen molar-refractivity contribution in [2.24, 2.45) is 11.1 Å². The Bertz CT molecular complexity index is 648. The second-order valence-electron chi connectivity index (χ2n) is 5.08. The van der Waals surface area contributed by atoms with Crippen LogP contribution in [0.3, 0.4) is 0 Å². The number of benzene rings is 1. The van der Waals surface area contributed by atoms with E-state index in [4.69, 9.17) is 9.88 Å². The molecule has 116 valence electrons. The molecule has 1 unspecified atom stereocenters. The number of hydrogen-bond donors (Lipinski definition) is 1. The number of primary sulfonamides is 1. The molecule has 0 saturated carbocycles. The van der Waals surface area contributed by atoms with Gasteiger partial charge in [0.25, 0.3) is 5.91 Å². The van der Waals surface area contributed by atoms with Crippen LogP contribution in [0.2, 0.25) is 0 Å². The summed E-state index contributed by atoms with van der Waals surface area (Å²) in [6.07, 6.45) is 0.803. The number of amides is 1. The van der Waals surface area contributed by atoms with Gasteiger partial charge in [0.05, 0.1) is 11.5 Å². The molecular formula is C13H17FN2O4S. The average Bonchev–Trinajstić information content (AvgIpc) is 2.85. The molecule has 1 amide bonds. The molecule has 1 aromatic rings. The Kier molecular flexibility index (Phi) is 4.60. The summed E-state index contributed by atoms with van der Waals surface area (Å²) in [5, 5.41) is 4.97. The van der Waals surface area contributed by atoms with Crippen LogP contribution in [-0.4, -0.2) is 46.0 Å². The van der Waals surface area contributed by atoms with E-state index in [1.54, 1.807) is 12.0 Å². The van der Waals surface area contributed by atoms with Gasteiger partial charge in [0.1, 0.15) is 5.82 Å². The number of methoxy groups -OCH3 is 1. The number of nitrogens with zero attached hydrogens (tertiary/aromatic N) is 1. The minimum Gasteiger partial charge on any atom is -0.384 e. The minimum atomic E-state index is -4.05. The van der Waals surface area contributed by atoms with Crippen LogP contribution in [0.15, 0.2) is 23.1 Å². The molecule has 0 radical (unpaired) electrons.